The third-order valence-corrected chi connectivity index (χ3v) is 6.76. The standard InChI is InChI=1S/C26H17F3N8O2/c27-26(28,29)18-9-14(10-31-23(18)36-8-2-7-32-36)34-25(39)17-11-33-37(21(17)13-5-6-13)19-12-30-22-20-15(19)3-1-4-16(20)24(38)35-22/h1-4,7-13H,5-6H2,(H,34,39)(H,30,35,38). The molecule has 1 fully saturated rings. The zero-order valence-electron chi connectivity index (χ0n) is 19.9. The van der Waals surface area contributed by atoms with Gasteiger partial charge >= 0.3 is 6.18 Å². The highest BCUT2D eigenvalue weighted by Crippen LogP contribution is 2.44. The van der Waals surface area contributed by atoms with Crippen molar-refractivity contribution in [2.75, 3.05) is 10.6 Å². The first-order valence-corrected chi connectivity index (χ1v) is 12.0. The second-order valence-corrected chi connectivity index (χ2v) is 9.30. The number of halogens is 3. The first-order chi connectivity index (χ1) is 18.8. The van der Waals surface area contributed by atoms with Crippen LogP contribution in [0.5, 0.6) is 0 Å². The van der Waals surface area contributed by atoms with Gasteiger partial charge in [-0.1, -0.05) is 12.1 Å². The minimum absolute atomic E-state index is 0.0436. The van der Waals surface area contributed by atoms with Gasteiger partial charge in [-0.05, 0) is 31.0 Å². The van der Waals surface area contributed by atoms with Crippen LogP contribution >= 0.6 is 0 Å². The molecule has 0 saturated heterocycles. The van der Waals surface area contributed by atoms with E-state index in [1.165, 1.54) is 24.7 Å². The summed E-state index contributed by atoms with van der Waals surface area (Å²) < 4.78 is 44.1. The minimum Gasteiger partial charge on any atom is -0.320 e. The molecule has 1 aromatic carbocycles. The Balaban J connectivity index is 1.27. The van der Waals surface area contributed by atoms with Crippen LogP contribution in [0.4, 0.5) is 24.7 Å². The number of carbonyl (C=O) groups is 2. The van der Waals surface area contributed by atoms with Gasteiger partial charge in [0, 0.05) is 29.1 Å². The number of benzene rings is 1. The Kier molecular flexibility index (Phi) is 4.86. The first kappa shape index (κ1) is 23.1. The molecule has 39 heavy (non-hydrogen) atoms. The van der Waals surface area contributed by atoms with E-state index in [0.29, 0.717) is 28.1 Å². The third kappa shape index (κ3) is 3.73. The van der Waals surface area contributed by atoms with Crippen LogP contribution in [-0.4, -0.2) is 41.3 Å². The molecule has 0 unspecified atom stereocenters. The van der Waals surface area contributed by atoms with Crippen molar-refractivity contribution in [1.82, 2.24) is 29.5 Å². The molecule has 10 nitrogen and oxygen atoms in total. The summed E-state index contributed by atoms with van der Waals surface area (Å²) in [5.74, 6) is -0.750. The molecule has 2 aliphatic rings. The number of anilines is 2. The number of alkyl halides is 3. The van der Waals surface area contributed by atoms with Crippen LogP contribution in [0.15, 0.2) is 61.3 Å². The maximum Gasteiger partial charge on any atom is 0.420 e. The quantitative estimate of drug-likeness (QED) is 0.340. The highest BCUT2D eigenvalue weighted by atomic mass is 19.4. The van der Waals surface area contributed by atoms with Crippen LogP contribution in [0.1, 0.15) is 50.7 Å². The van der Waals surface area contributed by atoms with Crippen molar-refractivity contribution in [1.29, 1.82) is 0 Å². The van der Waals surface area contributed by atoms with Gasteiger partial charge in [0.1, 0.15) is 11.4 Å². The fraction of sp³-hybridized carbons (Fsp3) is 0.154. The largest absolute Gasteiger partial charge is 0.420 e. The first-order valence-electron chi connectivity index (χ1n) is 12.0. The molecule has 2 amide bonds. The van der Waals surface area contributed by atoms with Crippen molar-refractivity contribution >= 4 is 34.1 Å². The van der Waals surface area contributed by atoms with Crippen molar-refractivity contribution in [3.05, 3.63) is 83.7 Å². The van der Waals surface area contributed by atoms with E-state index in [1.54, 1.807) is 23.0 Å². The summed E-state index contributed by atoms with van der Waals surface area (Å²) in [6.45, 7) is 0. The van der Waals surface area contributed by atoms with E-state index in [-0.39, 0.29) is 23.1 Å². The van der Waals surface area contributed by atoms with Crippen molar-refractivity contribution in [2.24, 2.45) is 0 Å². The van der Waals surface area contributed by atoms with Crippen molar-refractivity contribution in [2.45, 2.75) is 24.9 Å². The molecule has 0 bridgehead atoms. The van der Waals surface area contributed by atoms with Gasteiger partial charge in [0.05, 0.1) is 46.8 Å². The lowest BCUT2D eigenvalue weighted by atomic mass is 10.1. The average molecular weight is 530 g/mol. The molecular weight excluding hydrogens is 513 g/mol. The summed E-state index contributed by atoms with van der Waals surface area (Å²) in [7, 11) is 0. The lowest BCUT2D eigenvalue weighted by molar-refractivity contribution is -0.137. The van der Waals surface area contributed by atoms with Crippen molar-refractivity contribution in [3.8, 4) is 11.5 Å². The summed E-state index contributed by atoms with van der Waals surface area (Å²) in [4.78, 5) is 34.0. The third-order valence-electron chi connectivity index (χ3n) is 6.76. The van der Waals surface area contributed by atoms with E-state index in [1.807, 2.05) is 6.07 Å². The molecule has 13 heteroatoms. The monoisotopic (exact) mass is 530 g/mol. The van der Waals surface area contributed by atoms with Crippen LogP contribution < -0.4 is 10.6 Å². The molecule has 5 heterocycles. The zero-order chi connectivity index (χ0) is 26.9. The lowest BCUT2D eigenvalue weighted by Gasteiger charge is -2.14. The molecule has 5 aromatic rings. The second-order valence-electron chi connectivity index (χ2n) is 9.30. The summed E-state index contributed by atoms with van der Waals surface area (Å²) in [5, 5.41) is 15.0. The molecule has 0 atom stereocenters. The van der Waals surface area contributed by atoms with Crippen LogP contribution in [-0.2, 0) is 6.18 Å². The Morgan fingerprint density at radius 2 is 1.92 bits per heavy atom. The van der Waals surface area contributed by atoms with Crippen LogP contribution in [0, 0.1) is 0 Å². The van der Waals surface area contributed by atoms with Crippen molar-refractivity contribution in [3.63, 3.8) is 0 Å². The SMILES string of the molecule is O=C(Nc1cnc(-n2cccn2)c(C(F)(F)F)c1)c1cnn(-c2cnc3c4c(cccc24)C(=O)N3)c1C1CC1. The Morgan fingerprint density at radius 3 is 2.67 bits per heavy atom. The molecule has 1 aliphatic carbocycles. The van der Waals surface area contributed by atoms with Gasteiger partial charge in [0.25, 0.3) is 11.8 Å². The van der Waals surface area contributed by atoms with E-state index in [0.717, 1.165) is 35.2 Å². The number of hydrogen-bond donors (Lipinski definition) is 2. The zero-order valence-corrected chi connectivity index (χ0v) is 19.9. The minimum atomic E-state index is -4.72. The molecule has 4 aromatic heterocycles. The summed E-state index contributed by atoms with van der Waals surface area (Å²) in [6, 6.07) is 7.65. The van der Waals surface area contributed by atoms with Gasteiger partial charge in [0.15, 0.2) is 5.82 Å². The Hall–Kier alpha value is -5.07. The van der Waals surface area contributed by atoms with E-state index < -0.39 is 23.5 Å². The number of carbonyl (C=O) groups excluding carboxylic acids is 2. The van der Waals surface area contributed by atoms with Crippen LogP contribution in [0.25, 0.3) is 22.3 Å². The Bertz CT molecular complexity index is 1810. The van der Waals surface area contributed by atoms with Gasteiger partial charge in [-0.3, -0.25) is 9.59 Å². The number of rotatable bonds is 5. The maximum atomic E-state index is 13.8. The topological polar surface area (TPSA) is 120 Å². The average Bonchev–Trinajstić information content (AvgIpc) is 3.29. The fourth-order valence-electron chi connectivity index (χ4n) is 4.89. The van der Waals surface area contributed by atoms with Gasteiger partial charge in [0.2, 0.25) is 0 Å². The molecule has 1 saturated carbocycles. The van der Waals surface area contributed by atoms with Gasteiger partial charge in [-0.15, -0.1) is 0 Å². The summed E-state index contributed by atoms with van der Waals surface area (Å²) in [5.41, 5.74) is 0.807. The Morgan fingerprint density at radius 1 is 1.08 bits per heavy atom. The molecule has 1 aliphatic heterocycles. The predicted octanol–water partition coefficient (Wildman–Crippen LogP) is 4.72. The Labute approximate surface area is 217 Å². The molecule has 0 radical (unpaired) electrons. The molecular formula is C26H17F3N8O2. The highest BCUT2D eigenvalue weighted by Gasteiger charge is 2.37. The molecule has 2 N–H and O–H groups in total. The van der Waals surface area contributed by atoms with E-state index >= 15 is 0 Å². The number of nitrogens with zero attached hydrogens (tertiary/aromatic N) is 6. The number of aromatic nitrogens is 6. The van der Waals surface area contributed by atoms with Gasteiger partial charge in [-0.25, -0.2) is 19.3 Å². The van der Waals surface area contributed by atoms with E-state index in [2.05, 4.69) is 30.8 Å². The van der Waals surface area contributed by atoms with Gasteiger partial charge < -0.3 is 10.6 Å². The number of hydrogen-bond acceptors (Lipinski definition) is 6. The smallest absolute Gasteiger partial charge is 0.320 e. The number of nitrogens with one attached hydrogen (secondary N) is 2. The second kappa shape index (κ2) is 8.21. The summed E-state index contributed by atoms with van der Waals surface area (Å²) in [6.07, 6.45) is 3.78. The number of amides is 2. The van der Waals surface area contributed by atoms with Gasteiger partial charge in [-0.2, -0.15) is 23.4 Å². The van der Waals surface area contributed by atoms with Crippen LogP contribution in [0.3, 0.4) is 0 Å². The fourth-order valence-corrected chi connectivity index (χ4v) is 4.89. The maximum absolute atomic E-state index is 13.8. The highest BCUT2D eigenvalue weighted by molar-refractivity contribution is 6.24. The molecule has 0 spiro atoms. The van der Waals surface area contributed by atoms with E-state index in [4.69, 9.17) is 0 Å². The number of pyridine rings is 2. The lowest BCUT2D eigenvalue weighted by Crippen LogP contribution is -2.17. The van der Waals surface area contributed by atoms with Crippen molar-refractivity contribution < 1.29 is 22.8 Å². The molecule has 194 valence electrons. The normalized spacial score (nSPS) is 14.6. The molecule has 7 rings (SSSR count). The summed E-state index contributed by atoms with van der Waals surface area (Å²) >= 11 is 0. The predicted molar refractivity (Wildman–Crippen MR) is 133 cm³/mol. The van der Waals surface area contributed by atoms with Crippen LogP contribution in [0.2, 0.25) is 0 Å². The van der Waals surface area contributed by atoms with E-state index in [9.17, 15) is 22.8 Å².